The zero-order valence-electron chi connectivity index (χ0n) is 22.2. The molecule has 9 heteroatoms. The van der Waals surface area contributed by atoms with Gasteiger partial charge in [0, 0.05) is 19.6 Å². The van der Waals surface area contributed by atoms with Crippen molar-refractivity contribution in [3.63, 3.8) is 0 Å². The number of carbonyl (C=O) groups is 1. The largest absolute Gasteiger partial charge is 0.394 e. The highest BCUT2D eigenvalue weighted by Crippen LogP contribution is 2.22. The first-order valence-electron chi connectivity index (χ1n) is 12.8. The molecule has 0 radical (unpaired) electrons. The molecular formula is C25H51NO8. The van der Waals surface area contributed by atoms with Crippen molar-refractivity contribution in [1.82, 2.24) is 5.32 Å². The molecule has 9 nitrogen and oxygen atoms in total. The molecule has 0 saturated heterocycles. The molecule has 10 unspecified atom stereocenters. The third-order valence-corrected chi connectivity index (χ3v) is 6.96. The van der Waals surface area contributed by atoms with Gasteiger partial charge in [-0.25, -0.2) is 0 Å². The second-order valence-electron chi connectivity index (χ2n) is 9.65. The van der Waals surface area contributed by atoms with Gasteiger partial charge in [-0.15, -0.1) is 0 Å². The molecule has 0 saturated carbocycles. The first kappa shape index (κ1) is 33.2. The fraction of sp³-hybridized carbons (Fsp3) is 0.960. The van der Waals surface area contributed by atoms with Gasteiger partial charge in [0.15, 0.2) is 0 Å². The number of carbonyl (C=O) groups excluding carboxylic acids is 1. The molecule has 0 aliphatic heterocycles. The molecule has 0 aliphatic carbocycles. The van der Waals surface area contributed by atoms with E-state index in [-0.39, 0.29) is 36.6 Å². The van der Waals surface area contributed by atoms with Crippen molar-refractivity contribution >= 4 is 5.91 Å². The van der Waals surface area contributed by atoms with Gasteiger partial charge in [-0.05, 0) is 31.6 Å². The summed E-state index contributed by atoms with van der Waals surface area (Å²) in [6, 6.07) is -0.168. The number of methoxy groups -OCH3 is 1. The van der Waals surface area contributed by atoms with Gasteiger partial charge >= 0.3 is 0 Å². The van der Waals surface area contributed by atoms with Crippen LogP contribution in [0.1, 0.15) is 80.1 Å². The summed E-state index contributed by atoms with van der Waals surface area (Å²) in [4.78, 5) is 12.6. The molecule has 10 atom stereocenters. The van der Waals surface area contributed by atoms with E-state index >= 15 is 0 Å². The molecule has 204 valence electrons. The average molecular weight is 494 g/mol. The Morgan fingerprint density at radius 2 is 1.41 bits per heavy atom. The van der Waals surface area contributed by atoms with E-state index in [0.717, 1.165) is 12.8 Å². The predicted octanol–water partition coefficient (Wildman–Crippen LogP) is 1.37. The van der Waals surface area contributed by atoms with Gasteiger partial charge in [-0.1, -0.05) is 47.5 Å². The molecule has 34 heavy (non-hydrogen) atoms. The third-order valence-electron chi connectivity index (χ3n) is 6.96. The Bertz CT molecular complexity index is 533. The fourth-order valence-electron chi connectivity index (χ4n) is 3.87. The van der Waals surface area contributed by atoms with Crippen LogP contribution in [-0.4, -0.2) is 93.9 Å². The van der Waals surface area contributed by atoms with Crippen molar-refractivity contribution in [2.24, 2.45) is 11.8 Å². The van der Waals surface area contributed by atoms with E-state index in [1.807, 2.05) is 34.6 Å². The smallest absolute Gasteiger partial charge is 0.222 e. The maximum absolute atomic E-state index is 12.6. The number of aliphatic hydroxyl groups is 5. The molecule has 0 rings (SSSR count). The lowest BCUT2D eigenvalue weighted by Gasteiger charge is -2.33. The van der Waals surface area contributed by atoms with Crippen LogP contribution in [0.3, 0.4) is 0 Å². The molecule has 0 spiro atoms. The SMILES string of the molecule is CCC(O)CC(NC(=O)CC(O)CC(OC(C)C(O)C(O)C(CO)OC)C(C)CC)C(C)CC. The van der Waals surface area contributed by atoms with Gasteiger partial charge in [0.1, 0.15) is 18.3 Å². The van der Waals surface area contributed by atoms with Crippen LogP contribution in [-0.2, 0) is 14.3 Å². The van der Waals surface area contributed by atoms with Gasteiger partial charge in [-0.3, -0.25) is 4.79 Å². The van der Waals surface area contributed by atoms with Crippen LogP contribution in [0.15, 0.2) is 0 Å². The Kier molecular flexibility index (Phi) is 17.2. The van der Waals surface area contributed by atoms with Crippen molar-refractivity contribution in [2.45, 2.75) is 129 Å². The fourth-order valence-corrected chi connectivity index (χ4v) is 3.87. The Morgan fingerprint density at radius 3 is 1.88 bits per heavy atom. The summed E-state index contributed by atoms with van der Waals surface area (Å²) in [5, 5.41) is 53.6. The summed E-state index contributed by atoms with van der Waals surface area (Å²) < 4.78 is 11.0. The molecule has 0 aromatic carbocycles. The highest BCUT2D eigenvalue weighted by Gasteiger charge is 2.33. The maximum atomic E-state index is 12.6. The third kappa shape index (κ3) is 11.7. The molecule has 0 aromatic heterocycles. The summed E-state index contributed by atoms with van der Waals surface area (Å²) in [7, 11) is 1.33. The molecule has 0 bridgehead atoms. The van der Waals surface area contributed by atoms with Crippen molar-refractivity contribution in [3.05, 3.63) is 0 Å². The topological polar surface area (TPSA) is 149 Å². The van der Waals surface area contributed by atoms with Gasteiger partial charge in [0.05, 0.1) is 37.4 Å². The van der Waals surface area contributed by atoms with Gasteiger partial charge in [-0.2, -0.15) is 0 Å². The summed E-state index contributed by atoms with van der Waals surface area (Å²) >= 11 is 0. The number of ether oxygens (including phenoxy) is 2. The number of hydrogen-bond acceptors (Lipinski definition) is 8. The minimum Gasteiger partial charge on any atom is -0.394 e. The van der Waals surface area contributed by atoms with Crippen molar-refractivity contribution in [1.29, 1.82) is 0 Å². The van der Waals surface area contributed by atoms with E-state index in [9.17, 15) is 30.3 Å². The van der Waals surface area contributed by atoms with Crippen LogP contribution in [0.5, 0.6) is 0 Å². The van der Waals surface area contributed by atoms with E-state index in [0.29, 0.717) is 12.8 Å². The van der Waals surface area contributed by atoms with Crippen LogP contribution in [0.4, 0.5) is 0 Å². The van der Waals surface area contributed by atoms with Crippen LogP contribution in [0.25, 0.3) is 0 Å². The Morgan fingerprint density at radius 1 is 0.824 bits per heavy atom. The highest BCUT2D eigenvalue weighted by molar-refractivity contribution is 5.76. The monoisotopic (exact) mass is 493 g/mol. The van der Waals surface area contributed by atoms with Crippen molar-refractivity contribution < 1.29 is 39.8 Å². The molecule has 0 heterocycles. The standard InChI is InChI=1S/C25H51NO8/c1-8-15(4)20(11-18(28)10-3)26-23(30)13-19(29)12-21(16(5)9-2)34-17(6)24(31)25(32)22(14-27)33-7/h15-22,24-25,27-29,31-32H,8-14H2,1-7H3,(H,26,30). The molecule has 1 amide bonds. The average Bonchev–Trinajstić information content (AvgIpc) is 2.81. The minimum atomic E-state index is -1.34. The molecular weight excluding hydrogens is 442 g/mol. The molecule has 6 N–H and O–H groups in total. The summed E-state index contributed by atoms with van der Waals surface area (Å²) in [5.74, 6) is -0.0476. The minimum absolute atomic E-state index is 0.0353. The lowest BCUT2D eigenvalue weighted by atomic mass is 9.92. The summed E-state index contributed by atoms with van der Waals surface area (Å²) in [6.07, 6.45) is -3.46. The Labute approximate surface area is 205 Å². The molecule has 0 fully saturated rings. The van der Waals surface area contributed by atoms with E-state index in [4.69, 9.17) is 9.47 Å². The van der Waals surface area contributed by atoms with Crippen molar-refractivity contribution in [2.75, 3.05) is 13.7 Å². The Hall–Kier alpha value is -0.810. The van der Waals surface area contributed by atoms with Crippen LogP contribution < -0.4 is 5.32 Å². The second-order valence-corrected chi connectivity index (χ2v) is 9.65. The zero-order chi connectivity index (χ0) is 26.4. The van der Waals surface area contributed by atoms with E-state index in [1.165, 1.54) is 7.11 Å². The number of hydrogen-bond donors (Lipinski definition) is 6. The number of nitrogens with one attached hydrogen (secondary N) is 1. The molecule has 0 aliphatic rings. The zero-order valence-corrected chi connectivity index (χ0v) is 22.2. The van der Waals surface area contributed by atoms with E-state index < -0.39 is 49.3 Å². The first-order chi connectivity index (χ1) is 15.9. The normalized spacial score (nSPS) is 20.9. The maximum Gasteiger partial charge on any atom is 0.222 e. The molecule has 0 aromatic rings. The van der Waals surface area contributed by atoms with Crippen LogP contribution >= 0.6 is 0 Å². The number of aliphatic hydroxyl groups excluding tert-OH is 5. The van der Waals surface area contributed by atoms with E-state index in [1.54, 1.807) is 6.92 Å². The quantitative estimate of drug-likeness (QED) is 0.158. The summed E-state index contributed by atoms with van der Waals surface area (Å²) in [6.45, 7) is 11.1. The van der Waals surface area contributed by atoms with E-state index in [2.05, 4.69) is 5.32 Å². The lowest BCUT2D eigenvalue weighted by molar-refractivity contribution is -0.157. The number of amides is 1. The summed E-state index contributed by atoms with van der Waals surface area (Å²) in [5.41, 5.74) is 0. The predicted molar refractivity (Wildman–Crippen MR) is 131 cm³/mol. The van der Waals surface area contributed by atoms with Gasteiger partial charge in [0.2, 0.25) is 5.91 Å². The van der Waals surface area contributed by atoms with Crippen LogP contribution in [0.2, 0.25) is 0 Å². The van der Waals surface area contributed by atoms with Gasteiger partial charge in [0.25, 0.3) is 0 Å². The van der Waals surface area contributed by atoms with Crippen LogP contribution in [0, 0.1) is 11.8 Å². The van der Waals surface area contributed by atoms with Gasteiger partial charge < -0.3 is 40.3 Å². The highest BCUT2D eigenvalue weighted by atomic mass is 16.5. The number of rotatable bonds is 19. The lowest BCUT2D eigenvalue weighted by Crippen LogP contribution is -2.48. The second kappa shape index (κ2) is 17.6. The van der Waals surface area contributed by atoms with Crippen molar-refractivity contribution in [3.8, 4) is 0 Å². The Balaban J connectivity index is 5.08. The first-order valence-corrected chi connectivity index (χ1v) is 12.8.